The summed E-state index contributed by atoms with van der Waals surface area (Å²) in [6.45, 7) is 13.4. The zero-order chi connectivity index (χ0) is 14.5. The first kappa shape index (κ1) is 16.4. The minimum absolute atomic E-state index is 0.0572. The molecule has 2 atom stereocenters. The molecule has 1 fully saturated rings. The molecule has 0 radical (unpaired) electrons. The molecule has 1 aliphatic rings. The van der Waals surface area contributed by atoms with E-state index in [4.69, 9.17) is 0 Å². The molecular weight excluding hydrogens is 238 g/mol. The number of carbonyl (C=O) groups excluding carboxylic acids is 1. The number of amides is 1. The molecular formula is C15H31N3O. The number of hydrogen-bond donors (Lipinski definition) is 2. The molecule has 4 heteroatoms. The van der Waals surface area contributed by atoms with Crippen LogP contribution in [0.1, 0.15) is 53.9 Å². The largest absolute Gasteiger partial charge is 0.350 e. The van der Waals surface area contributed by atoms with E-state index in [1.54, 1.807) is 0 Å². The summed E-state index contributed by atoms with van der Waals surface area (Å²) >= 11 is 0. The first-order valence-electron chi connectivity index (χ1n) is 7.69. The third-order valence-corrected chi connectivity index (χ3v) is 4.30. The van der Waals surface area contributed by atoms with Crippen molar-refractivity contribution in [1.29, 1.82) is 0 Å². The highest BCUT2D eigenvalue weighted by atomic mass is 16.2. The maximum absolute atomic E-state index is 12.3. The lowest BCUT2D eigenvalue weighted by molar-refractivity contribution is -0.127. The highest BCUT2D eigenvalue weighted by Crippen LogP contribution is 2.12. The normalized spacial score (nSPS) is 21.7. The first-order valence-corrected chi connectivity index (χ1v) is 7.69. The predicted molar refractivity (Wildman–Crippen MR) is 80.2 cm³/mol. The predicted octanol–water partition coefficient (Wildman–Crippen LogP) is 1.75. The Kier molecular flexibility index (Phi) is 6.27. The molecule has 1 heterocycles. The maximum atomic E-state index is 12.3. The molecule has 0 aromatic rings. The molecule has 0 bridgehead atoms. The summed E-state index contributed by atoms with van der Waals surface area (Å²) in [5.74, 6) is 0.145. The van der Waals surface area contributed by atoms with Gasteiger partial charge in [-0.15, -0.1) is 0 Å². The van der Waals surface area contributed by atoms with Crippen molar-refractivity contribution in [3.05, 3.63) is 0 Å². The van der Waals surface area contributed by atoms with Crippen LogP contribution >= 0.6 is 0 Å². The number of hydrogen-bond acceptors (Lipinski definition) is 3. The Hall–Kier alpha value is -0.610. The van der Waals surface area contributed by atoms with Crippen molar-refractivity contribution < 1.29 is 4.79 Å². The molecule has 1 aliphatic heterocycles. The van der Waals surface area contributed by atoms with Crippen LogP contribution in [0.4, 0.5) is 0 Å². The zero-order valence-electron chi connectivity index (χ0n) is 13.3. The standard InChI is InChI=1S/C15H31N3O/c1-6-15(4,5)17-14(19)12(3)18(7-2)11-13-9-8-10-16-13/h12-13,16H,6-11H2,1-5H3,(H,17,19). The molecule has 112 valence electrons. The smallest absolute Gasteiger partial charge is 0.237 e. The Balaban J connectivity index is 2.51. The van der Waals surface area contributed by atoms with Gasteiger partial charge in [-0.3, -0.25) is 9.69 Å². The fourth-order valence-corrected chi connectivity index (χ4v) is 2.45. The number of likely N-dealkylation sites (N-methyl/N-ethyl adjacent to an activating group) is 1. The van der Waals surface area contributed by atoms with Crippen LogP contribution in [0.15, 0.2) is 0 Å². The molecule has 2 N–H and O–H groups in total. The average Bonchev–Trinajstić information content (AvgIpc) is 2.87. The van der Waals surface area contributed by atoms with E-state index in [0.29, 0.717) is 6.04 Å². The third-order valence-electron chi connectivity index (χ3n) is 4.30. The Bertz CT molecular complexity index is 285. The molecule has 2 unspecified atom stereocenters. The summed E-state index contributed by atoms with van der Waals surface area (Å²) < 4.78 is 0. The number of nitrogens with one attached hydrogen (secondary N) is 2. The van der Waals surface area contributed by atoms with Crippen LogP contribution in [0, 0.1) is 0 Å². The van der Waals surface area contributed by atoms with Gasteiger partial charge in [0.2, 0.25) is 5.91 Å². The topological polar surface area (TPSA) is 44.4 Å². The van der Waals surface area contributed by atoms with Crippen LogP contribution in [0.25, 0.3) is 0 Å². The van der Waals surface area contributed by atoms with E-state index < -0.39 is 0 Å². The molecule has 0 saturated carbocycles. The zero-order valence-corrected chi connectivity index (χ0v) is 13.3. The summed E-state index contributed by atoms with van der Waals surface area (Å²) in [6, 6.07) is 0.493. The summed E-state index contributed by atoms with van der Waals surface area (Å²) in [5.41, 5.74) is -0.115. The van der Waals surface area contributed by atoms with E-state index >= 15 is 0 Å². The van der Waals surface area contributed by atoms with Crippen LogP contribution in [0.3, 0.4) is 0 Å². The number of rotatable bonds is 7. The van der Waals surface area contributed by atoms with Crippen LogP contribution in [0.2, 0.25) is 0 Å². The highest BCUT2D eigenvalue weighted by molar-refractivity contribution is 5.82. The molecule has 1 rings (SSSR count). The van der Waals surface area contributed by atoms with E-state index in [1.807, 2.05) is 6.92 Å². The molecule has 0 spiro atoms. The van der Waals surface area contributed by atoms with E-state index in [-0.39, 0.29) is 17.5 Å². The molecule has 1 amide bonds. The monoisotopic (exact) mass is 269 g/mol. The highest BCUT2D eigenvalue weighted by Gasteiger charge is 2.27. The van der Waals surface area contributed by atoms with Crippen molar-refractivity contribution >= 4 is 5.91 Å². The third kappa shape index (κ3) is 5.11. The lowest BCUT2D eigenvalue weighted by Gasteiger charge is -2.33. The van der Waals surface area contributed by atoms with Gasteiger partial charge < -0.3 is 10.6 Å². The second-order valence-electron chi connectivity index (χ2n) is 6.28. The molecule has 1 saturated heterocycles. The van der Waals surface area contributed by atoms with Crippen molar-refractivity contribution in [2.24, 2.45) is 0 Å². The molecule has 0 aliphatic carbocycles. The summed E-state index contributed by atoms with van der Waals surface area (Å²) in [7, 11) is 0. The van der Waals surface area contributed by atoms with Gasteiger partial charge in [0.1, 0.15) is 0 Å². The van der Waals surface area contributed by atoms with Gasteiger partial charge >= 0.3 is 0 Å². The average molecular weight is 269 g/mol. The molecule has 0 aromatic heterocycles. The van der Waals surface area contributed by atoms with Crippen LogP contribution < -0.4 is 10.6 Å². The maximum Gasteiger partial charge on any atom is 0.237 e. The van der Waals surface area contributed by atoms with Crippen LogP contribution in [0.5, 0.6) is 0 Å². The van der Waals surface area contributed by atoms with Crippen molar-refractivity contribution in [3.63, 3.8) is 0 Å². The lowest BCUT2D eigenvalue weighted by Crippen LogP contribution is -2.53. The Morgan fingerprint density at radius 3 is 2.63 bits per heavy atom. The fourth-order valence-electron chi connectivity index (χ4n) is 2.45. The van der Waals surface area contributed by atoms with Gasteiger partial charge in [0, 0.05) is 18.1 Å². The molecule has 19 heavy (non-hydrogen) atoms. The lowest BCUT2D eigenvalue weighted by atomic mass is 10.0. The summed E-state index contributed by atoms with van der Waals surface area (Å²) in [4.78, 5) is 14.6. The van der Waals surface area contributed by atoms with Crippen molar-refractivity contribution in [2.75, 3.05) is 19.6 Å². The molecule has 4 nitrogen and oxygen atoms in total. The number of nitrogens with zero attached hydrogens (tertiary/aromatic N) is 1. The second kappa shape index (κ2) is 7.25. The van der Waals surface area contributed by atoms with Crippen molar-refractivity contribution in [3.8, 4) is 0 Å². The van der Waals surface area contributed by atoms with Gasteiger partial charge in [-0.05, 0) is 53.1 Å². The SMILES string of the molecule is CCN(CC1CCCN1)C(C)C(=O)NC(C)(C)CC. The van der Waals surface area contributed by atoms with Gasteiger partial charge in [0.05, 0.1) is 6.04 Å². The summed E-state index contributed by atoms with van der Waals surface area (Å²) in [5, 5.41) is 6.65. The minimum atomic E-state index is -0.115. The first-order chi connectivity index (χ1) is 8.89. The van der Waals surface area contributed by atoms with E-state index in [2.05, 4.69) is 43.2 Å². The van der Waals surface area contributed by atoms with E-state index in [1.165, 1.54) is 12.8 Å². The Morgan fingerprint density at radius 1 is 1.47 bits per heavy atom. The van der Waals surface area contributed by atoms with Crippen molar-refractivity contribution in [1.82, 2.24) is 15.5 Å². The van der Waals surface area contributed by atoms with Crippen molar-refractivity contribution in [2.45, 2.75) is 71.5 Å². The minimum Gasteiger partial charge on any atom is -0.350 e. The van der Waals surface area contributed by atoms with Gasteiger partial charge in [-0.2, -0.15) is 0 Å². The van der Waals surface area contributed by atoms with E-state index in [0.717, 1.165) is 26.1 Å². The van der Waals surface area contributed by atoms with E-state index in [9.17, 15) is 4.79 Å². The van der Waals surface area contributed by atoms with Gasteiger partial charge in [0.25, 0.3) is 0 Å². The quantitative estimate of drug-likeness (QED) is 0.740. The summed E-state index contributed by atoms with van der Waals surface area (Å²) in [6.07, 6.45) is 3.43. The van der Waals surface area contributed by atoms with Gasteiger partial charge in [-0.25, -0.2) is 0 Å². The van der Waals surface area contributed by atoms with Crippen LogP contribution in [-0.2, 0) is 4.79 Å². The Morgan fingerprint density at radius 2 is 2.16 bits per heavy atom. The Labute approximate surface area is 118 Å². The second-order valence-corrected chi connectivity index (χ2v) is 6.28. The fraction of sp³-hybridized carbons (Fsp3) is 0.933. The molecule has 0 aromatic carbocycles. The van der Waals surface area contributed by atoms with Gasteiger partial charge in [0.15, 0.2) is 0 Å². The van der Waals surface area contributed by atoms with Gasteiger partial charge in [-0.1, -0.05) is 13.8 Å². The van der Waals surface area contributed by atoms with Crippen LogP contribution in [-0.4, -0.2) is 48.1 Å². The number of carbonyl (C=O) groups is 1.